The summed E-state index contributed by atoms with van der Waals surface area (Å²) >= 11 is 19.0. The highest BCUT2D eigenvalue weighted by atomic mass is 32.2. The Kier molecular flexibility index (Phi) is 16.3. The molecule has 2 unspecified atom stereocenters. The van der Waals surface area contributed by atoms with Crippen LogP contribution in [0.3, 0.4) is 0 Å². The first-order valence-corrected chi connectivity index (χ1v) is 11.1. The molecule has 0 aliphatic rings. The average Bonchev–Trinajstić information content (AvgIpc) is 2.34. The number of hydrogen-bond donors (Lipinski definition) is 3. The Morgan fingerprint density at radius 2 is 1.53 bits per heavy atom. The van der Waals surface area contributed by atoms with Crippen LogP contribution in [-0.4, -0.2) is 51.3 Å². The third-order valence-corrected chi connectivity index (χ3v) is 7.93. The summed E-state index contributed by atoms with van der Waals surface area (Å²) < 4.78 is 0. The summed E-state index contributed by atoms with van der Waals surface area (Å²) in [5.74, 6) is 9.83. The van der Waals surface area contributed by atoms with Crippen molar-refractivity contribution in [1.82, 2.24) is 0 Å². The lowest BCUT2D eigenvalue weighted by molar-refractivity contribution is 0.764. The second-order valence-corrected chi connectivity index (χ2v) is 8.73. The van der Waals surface area contributed by atoms with E-state index in [-0.39, 0.29) is 0 Å². The second-order valence-electron chi connectivity index (χ2n) is 3.84. The molecular weight excluding hydrogens is 325 g/mol. The van der Waals surface area contributed by atoms with E-state index in [0.29, 0.717) is 5.25 Å². The molecule has 2 atom stereocenters. The van der Waals surface area contributed by atoms with Crippen molar-refractivity contribution < 1.29 is 0 Å². The zero-order valence-corrected chi connectivity index (χ0v) is 15.5. The SMILES string of the molecule is CC(CSCCS)CSCC(CS)SCCS. The van der Waals surface area contributed by atoms with Crippen LogP contribution in [0.1, 0.15) is 6.92 Å². The number of rotatable bonds is 12. The van der Waals surface area contributed by atoms with Gasteiger partial charge in [-0.25, -0.2) is 0 Å². The van der Waals surface area contributed by atoms with Crippen molar-refractivity contribution in [2.24, 2.45) is 5.92 Å². The minimum Gasteiger partial charge on any atom is -0.179 e. The van der Waals surface area contributed by atoms with E-state index in [9.17, 15) is 0 Å². The summed E-state index contributed by atoms with van der Waals surface area (Å²) in [7, 11) is 0. The van der Waals surface area contributed by atoms with Gasteiger partial charge in [-0.05, 0) is 28.9 Å². The van der Waals surface area contributed by atoms with Gasteiger partial charge in [-0.3, -0.25) is 0 Å². The Hall–Kier alpha value is 2.10. The largest absolute Gasteiger partial charge is 0.179 e. The van der Waals surface area contributed by atoms with Crippen molar-refractivity contribution in [2.45, 2.75) is 12.2 Å². The zero-order valence-electron chi connectivity index (χ0n) is 10.4. The molecule has 0 nitrogen and oxygen atoms in total. The smallest absolute Gasteiger partial charge is 0.0226 e. The summed E-state index contributed by atoms with van der Waals surface area (Å²) in [5.41, 5.74) is 0. The van der Waals surface area contributed by atoms with Gasteiger partial charge in [0.15, 0.2) is 0 Å². The Labute approximate surface area is 136 Å². The standard InChI is InChI=1S/C11H24S6/c1-10(7-15-4-2-12)8-16-9-11(6-14)17-5-3-13/h10-14H,2-9H2,1H3. The van der Waals surface area contributed by atoms with Crippen LogP contribution in [0.15, 0.2) is 0 Å². The van der Waals surface area contributed by atoms with Crippen LogP contribution in [0.4, 0.5) is 0 Å². The van der Waals surface area contributed by atoms with E-state index in [0.717, 1.165) is 28.9 Å². The van der Waals surface area contributed by atoms with Gasteiger partial charge in [0.1, 0.15) is 0 Å². The molecule has 0 fully saturated rings. The molecule has 0 saturated heterocycles. The predicted octanol–water partition coefficient (Wildman–Crippen LogP) is 3.98. The Bertz CT molecular complexity index is 155. The lowest BCUT2D eigenvalue weighted by Crippen LogP contribution is -2.12. The molecule has 0 radical (unpaired) electrons. The van der Waals surface area contributed by atoms with Gasteiger partial charge in [0.25, 0.3) is 0 Å². The third kappa shape index (κ3) is 12.9. The molecule has 0 aromatic heterocycles. The van der Waals surface area contributed by atoms with Gasteiger partial charge in [0.05, 0.1) is 0 Å². The summed E-state index contributed by atoms with van der Waals surface area (Å²) in [5, 5.41) is 0.688. The summed E-state index contributed by atoms with van der Waals surface area (Å²) in [6.45, 7) is 2.34. The fraction of sp³-hybridized carbons (Fsp3) is 1.00. The van der Waals surface area contributed by atoms with Gasteiger partial charge in [-0.2, -0.15) is 73.2 Å². The molecule has 0 aromatic carbocycles. The van der Waals surface area contributed by atoms with E-state index in [1.54, 1.807) is 0 Å². The highest BCUT2D eigenvalue weighted by molar-refractivity contribution is 8.04. The topological polar surface area (TPSA) is 0 Å². The molecular formula is C11H24S6. The van der Waals surface area contributed by atoms with Crippen LogP contribution in [-0.2, 0) is 0 Å². The molecule has 0 saturated carbocycles. The normalized spacial score (nSPS) is 14.8. The number of hydrogen-bond acceptors (Lipinski definition) is 6. The summed E-state index contributed by atoms with van der Waals surface area (Å²) in [6, 6.07) is 0. The van der Waals surface area contributed by atoms with Crippen LogP contribution in [0.2, 0.25) is 0 Å². The van der Waals surface area contributed by atoms with E-state index in [1.165, 1.54) is 23.0 Å². The predicted molar refractivity (Wildman–Crippen MR) is 102 cm³/mol. The van der Waals surface area contributed by atoms with Crippen LogP contribution in [0.5, 0.6) is 0 Å². The fourth-order valence-electron chi connectivity index (χ4n) is 1.17. The van der Waals surface area contributed by atoms with E-state index in [2.05, 4.69) is 56.6 Å². The average molecular weight is 349 g/mol. The second kappa shape index (κ2) is 14.5. The molecule has 0 bridgehead atoms. The molecule has 0 amide bonds. The van der Waals surface area contributed by atoms with E-state index in [4.69, 9.17) is 0 Å². The Morgan fingerprint density at radius 3 is 2.12 bits per heavy atom. The van der Waals surface area contributed by atoms with Gasteiger partial charge < -0.3 is 0 Å². The van der Waals surface area contributed by atoms with Crippen LogP contribution >= 0.6 is 73.2 Å². The first kappa shape index (κ1) is 19.1. The molecule has 0 aliphatic heterocycles. The molecule has 104 valence electrons. The summed E-state index contributed by atoms with van der Waals surface area (Å²) in [4.78, 5) is 0. The maximum absolute atomic E-state index is 4.41. The minimum absolute atomic E-state index is 0.688. The Morgan fingerprint density at radius 1 is 0.882 bits per heavy atom. The highest BCUT2D eigenvalue weighted by Crippen LogP contribution is 2.21. The van der Waals surface area contributed by atoms with Crippen molar-refractivity contribution in [1.29, 1.82) is 0 Å². The van der Waals surface area contributed by atoms with E-state index < -0.39 is 0 Å². The van der Waals surface area contributed by atoms with E-state index >= 15 is 0 Å². The van der Waals surface area contributed by atoms with Gasteiger partial charge >= 0.3 is 0 Å². The molecule has 0 rings (SSSR count). The monoisotopic (exact) mass is 348 g/mol. The molecule has 6 heteroatoms. The molecule has 0 N–H and O–H groups in total. The van der Waals surface area contributed by atoms with Crippen molar-refractivity contribution in [3.05, 3.63) is 0 Å². The lowest BCUT2D eigenvalue weighted by atomic mass is 10.3. The third-order valence-electron chi connectivity index (χ3n) is 1.99. The fourth-order valence-corrected chi connectivity index (χ4v) is 5.71. The Balaban J connectivity index is 3.45. The van der Waals surface area contributed by atoms with Gasteiger partial charge in [0, 0.05) is 28.3 Å². The van der Waals surface area contributed by atoms with Crippen molar-refractivity contribution >= 4 is 73.2 Å². The maximum atomic E-state index is 4.41. The highest BCUT2D eigenvalue weighted by Gasteiger charge is 2.08. The molecule has 0 aliphatic carbocycles. The van der Waals surface area contributed by atoms with Gasteiger partial charge in [0.2, 0.25) is 0 Å². The maximum Gasteiger partial charge on any atom is 0.0226 e. The molecule has 0 heterocycles. The zero-order chi connectivity index (χ0) is 12.9. The number of thiol groups is 3. The molecule has 0 aromatic rings. The molecule has 0 spiro atoms. The van der Waals surface area contributed by atoms with Gasteiger partial charge in [-0.15, -0.1) is 0 Å². The summed E-state index contributed by atoms with van der Waals surface area (Å²) in [6.07, 6.45) is 0. The van der Waals surface area contributed by atoms with Crippen LogP contribution in [0.25, 0.3) is 0 Å². The van der Waals surface area contributed by atoms with Crippen molar-refractivity contribution in [3.8, 4) is 0 Å². The van der Waals surface area contributed by atoms with Gasteiger partial charge in [-0.1, -0.05) is 6.92 Å². The van der Waals surface area contributed by atoms with E-state index in [1.807, 2.05) is 23.5 Å². The number of thioether (sulfide) groups is 3. The first-order chi connectivity index (χ1) is 8.24. The molecule has 17 heavy (non-hydrogen) atoms. The van der Waals surface area contributed by atoms with Crippen molar-refractivity contribution in [2.75, 3.05) is 46.0 Å². The quantitative estimate of drug-likeness (QED) is 0.361. The van der Waals surface area contributed by atoms with Crippen LogP contribution < -0.4 is 0 Å². The lowest BCUT2D eigenvalue weighted by Gasteiger charge is -2.15. The van der Waals surface area contributed by atoms with Crippen LogP contribution in [0, 0.1) is 5.92 Å². The first-order valence-electron chi connectivity index (χ1n) is 5.84. The van der Waals surface area contributed by atoms with Crippen molar-refractivity contribution in [3.63, 3.8) is 0 Å². The minimum atomic E-state index is 0.688.